The fourth-order valence-corrected chi connectivity index (χ4v) is 2.32. The Balaban J connectivity index is 1.63. The van der Waals surface area contributed by atoms with Gasteiger partial charge in [-0.3, -0.25) is 14.4 Å². The highest BCUT2D eigenvalue weighted by Crippen LogP contribution is 2.17. The molecule has 7 nitrogen and oxygen atoms in total. The molecule has 0 aliphatic heterocycles. The molecule has 0 aliphatic rings. The summed E-state index contributed by atoms with van der Waals surface area (Å²) in [5, 5.41) is 5.65. The number of halogens is 1. The predicted octanol–water partition coefficient (Wildman–Crippen LogP) is 2.09. The molecule has 2 heterocycles. The van der Waals surface area contributed by atoms with Crippen molar-refractivity contribution in [2.24, 2.45) is 0 Å². The number of hydrogen-bond donors (Lipinski definition) is 2. The van der Waals surface area contributed by atoms with Gasteiger partial charge in [0.1, 0.15) is 11.3 Å². The van der Waals surface area contributed by atoms with Crippen LogP contribution in [0.1, 0.15) is 16.3 Å². The van der Waals surface area contributed by atoms with E-state index in [2.05, 4.69) is 10.6 Å². The lowest BCUT2D eigenvalue weighted by atomic mass is 10.2. The summed E-state index contributed by atoms with van der Waals surface area (Å²) < 4.78 is 10.5. The van der Waals surface area contributed by atoms with Crippen molar-refractivity contribution in [2.75, 3.05) is 6.54 Å². The van der Waals surface area contributed by atoms with Crippen LogP contribution in [0.5, 0.6) is 0 Å². The topological polar surface area (TPSA) is 102 Å². The zero-order chi connectivity index (χ0) is 17.8. The second-order valence-electron chi connectivity index (χ2n) is 5.15. The van der Waals surface area contributed by atoms with Crippen molar-refractivity contribution in [3.8, 4) is 0 Å². The average molecular weight is 361 g/mol. The van der Waals surface area contributed by atoms with Gasteiger partial charge in [0, 0.05) is 11.1 Å². The van der Waals surface area contributed by atoms with Gasteiger partial charge in [-0.05, 0) is 30.3 Å². The predicted molar refractivity (Wildman–Crippen MR) is 90.4 cm³/mol. The summed E-state index contributed by atoms with van der Waals surface area (Å²) in [6.07, 6.45) is 1.50. The maximum atomic E-state index is 12.1. The number of amides is 2. The van der Waals surface area contributed by atoms with Crippen LogP contribution in [0.4, 0.5) is 0 Å². The molecule has 3 rings (SSSR count). The third-order valence-electron chi connectivity index (χ3n) is 3.36. The van der Waals surface area contributed by atoms with Gasteiger partial charge in [-0.1, -0.05) is 11.6 Å². The lowest BCUT2D eigenvalue weighted by molar-refractivity contribution is -0.120. The molecule has 0 aliphatic carbocycles. The quantitative estimate of drug-likeness (QED) is 0.725. The van der Waals surface area contributed by atoms with Gasteiger partial charge in [0.05, 0.1) is 24.7 Å². The Kier molecular flexibility index (Phi) is 4.85. The van der Waals surface area contributed by atoms with Crippen LogP contribution in [0.2, 0.25) is 5.02 Å². The molecule has 8 heteroatoms. The van der Waals surface area contributed by atoms with E-state index in [1.807, 2.05) is 0 Å². The largest absolute Gasteiger partial charge is 0.467 e. The zero-order valence-corrected chi connectivity index (χ0v) is 13.6. The minimum Gasteiger partial charge on any atom is -0.467 e. The number of nitrogens with one attached hydrogen (secondary N) is 2. The minimum absolute atomic E-state index is 0.182. The van der Waals surface area contributed by atoms with Crippen LogP contribution in [0, 0.1) is 0 Å². The average Bonchev–Trinajstić information content (AvgIpc) is 3.12. The van der Waals surface area contributed by atoms with Crippen LogP contribution in [0.25, 0.3) is 11.0 Å². The van der Waals surface area contributed by atoms with Gasteiger partial charge in [-0.2, -0.15) is 0 Å². The Morgan fingerprint density at radius 2 is 1.96 bits per heavy atom. The lowest BCUT2D eigenvalue weighted by Crippen LogP contribution is -2.36. The lowest BCUT2D eigenvalue weighted by Gasteiger charge is -2.06. The van der Waals surface area contributed by atoms with Gasteiger partial charge in [-0.15, -0.1) is 0 Å². The molecule has 0 atom stereocenters. The Morgan fingerprint density at radius 3 is 2.72 bits per heavy atom. The van der Waals surface area contributed by atoms with Crippen molar-refractivity contribution in [3.05, 3.63) is 69.4 Å². The minimum atomic E-state index is -0.665. The van der Waals surface area contributed by atoms with Crippen LogP contribution in [-0.4, -0.2) is 18.4 Å². The van der Waals surface area contributed by atoms with Gasteiger partial charge in [-0.25, -0.2) is 0 Å². The molecule has 2 aromatic heterocycles. The molecule has 0 saturated heterocycles. The highest BCUT2D eigenvalue weighted by molar-refractivity contribution is 6.31. The monoisotopic (exact) mass is 360 g/mol. The van der Waals surface area contributed by atoms with Crippen LogP contribution >= 0.6 is 11.6 Å². The van der Waals surface area contributed by atoms with Crippen molar-refractivity contribution in [3.63, 3.8) is 0 Å². The molecule has 0 unspecified atom stereocenters. The third-order valence-corrected chi connectivity index (χ3v) is 3.60. The third kappa shape index (κ3) is 4.07. The molecule has 2 N–H and O–H groups in total. The molecular formula is C17H13ClN2O5. The standard InChI is InChI=1S/C17H13ClN2O5/c18-10-3-4-14-12(6-10)13(21)7-15(25-14)17(23)20-9-16(22)19-8-11-2-1-5-24-11/h1-7H,8-9H2,(H,19,22)(H,20,23). The fourth-order valence-electron chi connectivity index (χ4n) is 2.15. The number of furan rings is 1. The first-order valence-corrected chi connectivity index (χ1v) is 7.71. The van der Waals surface area contributed by atoms with Gasteiger partial charge >= 0.3 is 0 Å². The Hall–Kier alpha value is -3.06. The van der Waals surface area contributed by atoms with Crippen molar-refractivity contribution >= 4 is 34.4 Å². The van der Waals surface area contributed by atoms with Crippen molar-refractivity contribution in [1.82, 2.24) is 10.6 Å². The van der Waals surface area contributed by atoms with Crippen molar-refractivity contribution in [2.45, 2.75) is 6.54 Å². The molecule has 0 bridgehead atoms. The molecule has 128 valence electrons. The van der Waals surface area contributed by atoms with Gasteiger partial charge in [0.15, 0.2) is 11.2 Å². The van der Waals surface area contributed by atoms with Crippen molar-refractivity contribution in [1.29, 1.82) is 0 Å². The Labute approximate surface area is 146 Å². The van der Waals surface area contributed by atoms with E-state index < -0.39 is 17.2 Å². The molecule has 25 heavy (non-hydrogen) atoms. The number of rotatable bonds is 5. The molecule has 0 spiro atoms. The first-order valence-electron chi connectivity index (χ1n) is 7.33. The smallest absolute Gasteiger partial charge is 0.287 e. The summed E-state index contributed by atoms with van der Waals surface area (Å²) in [5.74, 6) is -0.653. The van der Waals surface area contributed by atoms with Gasteiger partial charge in [0.25, 0.3) is 5.91 Å². The Morgan fingerprint density at radius 1 is 1.12 bits per heavy atom. The first kappa shape index (κ1) is 16.8. The summed E-state index contributed by atoms with van der Waals surface area (Å²) in [6.45, 7) is -0.0462. The highest BCUT2D eigenvalue weighted by atomic mass is 35.5. The normalized spacial score (nSPS) is 10.6. The van der Waals surface area contributed by atoms with E-state index in [1.54, 1.807) is 18.2 Å². The number of carbonyl (C=O) groups is 2. The second kappa shape index (κ2) is 7.23. The van der Waals surface area contributed by atoms with Crippen LogP contribution < -0.4 is 16.1 Å². The summed E-state index contributed by atoms with van der Waals surface area (Å²) in [4.78, 5) is 35.8. The van der Waals surface area contributed by atoms with E-state index in [1.165, 1.54) is 18.4 Å². The number of benzene rings is 1. The SMILES string of the molecule is O=C(CNC(=O)c1cc(=O)c2cc(Cl)ccc2o1)NCc1ccco1. The summed E-state index contributed by atoms with van der Waals surface area (Å²) >= 11 is 5.83. The van der Waals surface area contributed by atoms with E-state index in [0.717, 1.165) is 6.07 Å². The van der Waals surface area contributed by atoms with Crippen LogP contribution in [0.15, 0.2) is 56.3 Å². The van der Waals surface area contributed by atoms with Gasteiger partial charge in [0.2, 0.25) is 5.91 Å². The second-order valence-corrected chi connectivity index (χ2v) is 5.59. The van der Waals surface area contributed by atoms with Gasteiger partial charge < -0.3 is 19.5 Å². The first-order chi connectivity index (χ1) is 12.0. The van der Waals surface area contributed by atoms with Crippen LogP contribution in [0.3, 0.4) is 0 Å². The molecule has 1 aromatic carbocycles. The molecule has 0 radical (unpaired) electrons. The number of carbonyl (C=O) groups excluding carboxylic acids is 2. The van der Waals surface area contributed by atoms with Crippen molar-refractivity contribution < 1.29 is 18.4 Å². The summed E-state index contributed by atoms with van der Waals surface area (Å²) in [7, 11) is 0. The van der Waals surface area contributed by atoms with E-state index >= 15 is 0 Å². The van der Waals surface area contributed by atoms with E-state index in [4.69, 9.17) is 20.4 Å². The van der Waals surface area contributed by atoms with Crippen LogP contribution in [-0.2, 0) is 11.3 Å². The number of hydrogen-bond acceptors (Lipinski definition) is 5. The molecule has 0 fully saturated rings. The summed E-state index contributed by atoms with van der Waals surface area (Å²) in [6, 6.07) is 9.01. The van der Waals surface area contributed by atoms with E-state index in [9.17, 15) is 14.4 Å². The molecule has 0 saturated carbocycles. The maximum absolute atomic E-state index is 12.1. The summed E-state index contributed by atoms with van der Waals surface area (Å²) in [5.41, 5.74) is -0.152. The van der Waals surface area contributed by atoms with E-state index in [0.29, 0.717) is 10.8 Å². The highest BCUT2D eigenvalue weighted by Gasteiger charge is 2.14. The zero-order valence-electron chi connectivity index (χ0n) is 12.9. The molecule has 3 aromatic rings. The van der Waals surface area contributed by atoms with E-state index in [-0.39, 0.29) is 29.8 Å². The molecule has 2 amide bonds. The number of fused-ring (bicyclic) bond motifs is 1. The molecular weight excluding hydrogens is 348 g/mol. The fraction of sp³-hybridized carbons (Fsp3) is 0.118. The maximum Gasteiger partial charge on any atom is 0.287 e. The Bertz CT molecular complexity index is 978.